The van der Waals surface area contributed by atoms with Crippen LogP contribution in [0.2, 0.25) is 0 Å². The zero-order valence-electron chi connectivity index (χ0n) is 10.4. The number of anilines is 1. The third-order valence-corrected chi connectivity index (χ3v) is 2.60. The van der Waals surface area contributed by atoms with Crippen LogP contribution < -0.4 is 5.32 Å². The first-order valence-electron chi connectivity index (χ1n) is 5.48. The monoisotopic (exact) mass is 260 g/mol. The molecular formula is C12H12N4O3. The van der Waals surface area contributed by atoms with Crippen LogP contribution in [0, 0.1) is 6.92 Å². The van der Waals surface area contributed by atoms with E-state index in [1.807, 2.05) is 6.92 Å². The molecular weight excluding hydrogens is 248 g/mol. The molecule has 0 unspecified atom stereocenters. The predicted molar refractivity (Wildman–Crippen MR) is 67.1 cm³/mol. The zero-order valence-corrected chi connectivity index (χ0v) is 10.4. The smallest absolute Gasteiger partial charge is 0.354 e. The maximum Gasteiger partial charge on any atom is 0.354 e. The van der Waals surface area contributed by atoms with Gasteiger partial charge in [0.15, 0.2) is 5.82 Å². The molecule has 0 saturated carbocycles. The van der Waals surface area contributed by atoms with Gasteiger partial charge in [0.25, 0.3) is 5.91 Å². The summed E-state index contributed by atoms with van der Waals surface area (Å²) in [5, 5.41) is 15.5. The summed E-state index contributed by atoms with van der Waals surface area (Å²) in [5.41, 5.74) is 0.941. The number of nitrogens with zero attached hydrogens (tertiary/aromatic N) is 3. The van der Waals surface area contributed by atoms with Crippen LogP contribution in [-0.4, -0.2) is 31.7 Å². The number of carbonyl (C=O) groups is 2. The van der Waals surface area contributed by atoms with Crippen molar-refractivity contribution >= 4 is 17.7 Å². The quantitative estimate of drug-likeness (QED) is 0.860. The van der Waals surface area contributed by atoms with Crippen LogP contribution in [-0.2, 0) is 7.05 Å². The third-order valence-electron chi connectivity index (χ3n) is 2.60. The van der Waals surface area contributed by atoms with Gasteiger partial charge in [-0.1, -0.05) is 0 Å². The standard InChI is InChI=1S/C12H12N4O3/c1-7-5-10(15-16(7)2)14-11(17)8-3-4-13-9(6-8)12(18)19/h3-6H,1-2H3,(H,18,19)(H,14,15,17). The molecule has 2 N–H and O–H groups in total. The van der Waals surface area contributed by atoms with Crippen molar-refractivity contribution in [1.29, 1.82) is 0 Å². The van der Waals surface area contributed by atoms with Crippen molar-refractivity contribution in [2.24, 2.45) is 7.05 Å². The normalized spacial score (nSPS) is 10.2. The summed E-state index contributed by atoms with van der Waals surface area (Å²) in [5.74, 6) is -1.19. The molecule has 2 aromatic rings. The number of carboxylic acids is 1. The molecule has 19 heavy (non-hydrogen) atoms. The Morgan fingerprint density at radius 3 is 2.68 bits per heavy atom. The molecule has 0 aromatic carbocycles. The second-order valence-electron chi connectivity index (χ2n) is 3.98. The van der Waals surface area contributed by atoms with Crippen molar-refractivity contribution in [2.45, 2.75) is 6.92 Å². The number of aromatic nitrogens is 3. The molecule has 0 aliphatic heterocycles. The molecule has 2 rings (SSSR count). The van der Waals surface area contributed by atoms with Crippen molar-refractivity contribution < 1.29 is 14.7 Å². The highest BCUT2D eigenvalue weighted by Crippen LogP contribution is 2.10. The summed E-state index contributed by atoms with van der Waals surface area (Å²) in [6.07, 6.45) is 1.28. The van der Waals surface area contributed by atoms with Gasteiger partial charge in [-0.15, -0.1) is 0 Å². The molecule has 2 heterocycles. The third kappa shape index (κ3) is 2.76. The molecule has 0 radical (unpaired) electrons. The van der Waals surface area contributed by atoms with Gasteiger partial charge < -0.3 is 10.4 Å². The van der Waals surface area contributed by atoms with Crippen molar-refractivity contribution in [3.8, 4) is 0 Å². The Labute approximate surface area is 108 Å². The summed E-state index contributed by atoms with van der Waals surface area (Å²) < 4.78 is 1.63. The van der Waals surface area contributed by atoms with E-state index in [4.69, 9.17) is 5.11 Å². The highest BCUT2D eigenvalue weighted by atomic mass is 16.4. The molecule has 0 aliphatic carbocycles. The Balaban J connectivity index is 2.20. The molecule has 7 nitrogen and oxygen atoms in total. The highest BCUT2D eigenvalue weighted by Gasteiger charge is 2.12. The van der Waals surface area contributed by atoms with Gasteiger partial charge in [-0.05, 0) is 19.1 Å². The molecule has 0 atom stereocenters. The lowest BCUT2D eigenvalue weighted by Crippen LogP contribution is -2.14. The van der Waals surface area contributed by atoms with Gasteiger partial charge in [0.1, 0.15) is 5.69 Å². The molecule has 0 bridgehead atoms. The Kier molecular flexibility index (Phi) is 3.28. The van der Waals surface area contributed by atoms with E-state index < -0.39 is 11.9 Å². The SMILES string of the molecule is Cc1cc(NC(=O)c2ccnc(C(=O)O)c2)nn1C. The van der Waals surface area contributed by atoms with Gasteiger partial charge >= 0.3 is 5.97 Å². The minimum Gasteiger partial charge on any atom is -0.477 e. The Morgan fingerprint density at radius 2 is 2.11 bits per heavy atom. The number of aryl methyl sites for hydroxylation is 2. The van der Waals surface area contributed by atoms with Crippen LogP contribution in [0.4, 0.5) is 5.82 Å². The topological polar surface area (TPSA) is 97.1 Å². The van der Waals surface area contributed by atoms with Crippen LogP contribution in [0.1, 0.15) is 26.5 Å². The average molecular weight is 260 g/mol. The van der Waals surface area contributed by atoms with E-state index in [2.05, 4.69) is 15.4 Å². The maximum absolute atomic E-state index is 11.9. The fourth-order valence-electron chi connectivity index (χ4n) is 1.50. The van der Waals surface area contributed by atoms with Crippen LogP contribution in [0.25, 0.3) is 0 Å². The van der Waals surface area contributed by atoms with Gasteiger partial charge in [0.05, 0.1) is 0 Å². The van der Waals surface area contributed by atoms with Crippen molar-refractivity contribution in [1.82, 2.24) is 14.8 Å². The lowest BCUT2D eigenvalue weighted by atomic mass is 10.2. The van der Waals surface area contributed by atoms with Gasteiger partial charge in [-0.2, -0.15) is 5.10 Å². The maximum atomic E-state index is 11.9. The van der Waals surface area contributed by atoms with E-state index in [9.17, 15) is 9.59 Å². The second kappa shape index (κ2) is 4.89. The molecule has 0 aliphatic rings. The van der Waals surface area contributed by atoms with Crippen LogP contribution in [0.3, 0.4) is 0 Å². The van der Waals surface area contributed by atoms with Crippen molar-refractivity contribution in [3.05, 3.63) is 41.3 Å². The van der Waals surface area contributed by atoms with E-state index in [1.54, 1.807) is 17.8 Å². The zero-order chi connectivity index (χ0) is 14.0. The molecule has 7 heteroatoms. The Bertz CT molecular complexity index is 629. The number of nitrogens with one attached hydrogen (secondary N) is 1. The van der Waals surface area contributed by atoms with Gasteiger partial charge in [-0.3, -0.25) is 9.48 Å². The number of rotatable bonds is 3. The van der Waals surface area contributed by atoms with Gasteiger partial charge in [-0.25, -0.2) is 9.78 Å². The highest BCUT2D eigenvalue weighted by molar-refractivity contribution is 6.04. The first-order valence-corrected chi connectivity index (χ1v) is 5.48. The summed E-state index contributed by atoms with van der Waals surface area (Å²) >= 11 is 0. The molecule has 1 amide bonds. The average Bonchev–Trinajstić information content (AvgIpc) is 2.68. The van der Waals surface area contributed by atoms with E-state index >= 15 is 0 Å². The molecule has 0 saturated heterocycles. The lowest BCUT2D eigenvalue weighted by Gasteiger charge is -2.02. The van der Waals surface area contributed by atoms with Crippen LogP contribution in [0.5, 0.6) is 0 Å². The number of carbonyl (C=O) groups excluding carboxylic acids is 1. The summed E-state index contributed by atoms with van der Waals surface area (Å²) in [4.78, 5) is 26.3. The number of carboxylic acid groups (broad SMARTS) is 1. The molecule has 2 aromatic heterocycles. The summed E-state index contributed by atoms with van der Waals surface area (Å²) in [7, 11) is 1.76. The second-order valence-corrected chi connectivity index (χ2v) is 3.98. The molecule has 0 spiro atoms. The van der Waals surface area contributed by atoms with E-state index in [0.29, 0.717) is 5.82 Å². The minimum atomic E-state index is -1.18. The van der Waals surface area contributed by atoms with Gasteiger partial charge in [0.2, 0.25) is 0 Å². The fourth-order valence-corrected chi connectivity index (χ4v) is 1.50. The molecule has 98 valence electrons. The van der Waals surface area contributed by atoms with Crippen LogP contribution >= 0.6 is 0 Å². The minimum absolute atomic E-state index is 0.176. The van der Waals surface area contributed by atoms with Crippen molar-refractivity contribution in [3.63, 3.8) is 0 Å². The Hall–Kier alpha value is -2.70. The fraction of sp³-hybridized carbons (Fsp3) is 0.167. The van der Waals surface area contributed by atoms with E-state index in [0.717, 1.165) is 5.69 Å². The number of hydrogen-bond acceptors (Lipinski definition) is 4. The van der Waals surface area contributed by atoms with Crippen LogP contribution in [0.15, 0.2) is 24.4 Å². The summed E-state index contributed by atoms with van der Waals surface area (Å²) in [6.45, 7) is 1.86. The largest absolute Gasteiger partial charge is 0.477 e. The number of aromatic carboxylic acids is 1. The first-order chi connectivity index (χ1) is 8.97. The number of pyridine rings is 1. The number of amides is 1. The Morgan fingerprint density at radius 1 is 1.37 bits per heavy atom. The van der Waals surface area contributed by atoms with E-state index in [1.165, 1.54) is 18.3 Å². The first kappa shape index (κ1) is 12.7. The lowest BCUT2D eigenvalue weighted by molar-refractivity contribution is 0.0690. The van der Waals surface area contributed by atoms with Crippen molar-refractivity contribution in [2.75, 3.05) is 5.32 Å². The van der Waals surface area contributed by atoms with Gasteiger partial charge in [0, 0.05) is 30.6 Å². The molecule has 0 fully saturated rings. The predicted octanol–water partition coefficient (Wildman–Crippen LogP) is 1.07. The van der Waals surface area contributed by atoms with E-state index in [-0.39, 0.29) is 11.3 Å². The summed E-state index contributed by atoms with van der Waals surface area (Å²) in [6, 6.07) is 4.38. The number of hydrogen-bond donors (Lipinski definition) is 2.